The number of hydroxylamine groups is 3. The van der Waals surface area contributed by atoms with E-state index in [-0.39, 0.29) is 5.84 Å². The molecule has 0 saturated heterocycles. The molecular weight excluding hydrogens is 196 g/mol. The Labute approximate surface area is 89.8 Å². The van der Waals surface area contributed by atoms with E-state index in [1.54, 1.807) is 27.7 Å². The molecule has 1 rings (SSSR count). The molecule has 1 aliphatic heterocycles. The molecule has 1 aliphatic rings. The van der Waals surface area contributed by atoms with Gasteiger partial charge < -0.3 is 9.94 Å². The summed E-state index contributed by atoms with van der Waals surface area (Å²) in [4.78, 5) is 0. The molecular formula is C10H17N2O3. The third-order valence-electron chi connectivity index (χ3n) is 3.28. The van der Waals surface area contributed by atoms with Crippen LogP contribution in [0.15, 0.2) is 12.3 Å². The first-order chi connectivity index (χ1) is 6.76. The minimum absolute atomic E-state index is 0.0758. The van der Waals surface area contributed by atoms with Crippen molar-refractivity contribution in [3.8, 4) is 0 Å². The highest BCUT2D eigenvalue weighted by Crippen LogP contribution is 2.35. The summed E-state index contributed by atoms with van der Waals surface area (Å²) in [6.45, 7) is 6.99. The number of hydrogen-bond donors (Lipinski definition) is 0. The monoisotopic (exact) mass is 213 g/mol. The first-order valence-corrected chi connectivity index (χ1v) is 4.78. The Hall–Kier alpha value is -1.23. The molecule has 0 fully saturated rings. The van der Waals surface area contributed by atoms with Crippen LogP contribution >= 0.6 is 0 Å². The summed E-state index contributed by atoms with van der Waals surface area (Å²) in [6.07, 6.45) is 2.71. The van der Waals surface area contributed by atoms with E-state index in [0.717, 1.165) is 9.80 Å². The van der Waals surface area contributed by atoms with E-state index in [2.05, 4.69) is 0 Å². The highest BCUT2D eigenvalue weighted by atomic mass is 16.5. The van der Waals surface area contributed by atoms with Gasteiger partial charge in [0, 0.05) is 5.21 Å². The van der Waals surface area contributed by atoms with Gasteiger partial charge >= 0.3 is 5.84 Å². The fourth-order valence-electron chi connectivity index (χ4n) is 1.42. The molecule has 0 aromatic rings. The van der Waals surface area contributed by atoms with Crippen LogP contribution in [0.25, 0.3) is 0 Å². The molecule has 0 aromatic carbocycles. The molecule has 0 saturated carbocycles. The molecule has 0 amide bonds. The minimum Gasteiger partial charge on any atom is -0.714 e. The van der Waals surface area contributed by atoms with Gasteiger partial charge in [0.15, 0.2) is 5.54 Å². The predicted octanol–water partition coefficient (Wildman–Crippen LogP) is 1.27. The SMILES string of the molecule is CO/C=C/C1=[N+]([O-])C(C)(C)C(C)(C)N1[O]. The van der Waals surface area contributed by atoms with Gasteiger partial charge in [0.2, 0.25) is 0 Å². The van der Waals surface area contributed by atoms with Gasteiger partial charge in [-0.2, -0.15) is 0 Å². The second-order valence-corrected chi connectivity index (χ2v) is 4.60. The molecule has 0 spiro atoms. The van der Waals surface area contributed by atoms with E-state index in [1.807, 2.05) is 0 Å². The summed E-state index contributed by atoms with van der Waals surface area (Å²) in [5.74, 6) is 0.0758. The Morgan fingerprint density at radius 1 is 1.40 bits per heavy atom. The molecule has 5 nitrogen and oxygen atoms in total. The zero-order chi connectivity index (χ0) is 11.9. The standard InChI is InChI=1S/C10H17N2O3/c1-9(2)10(3,4)12(14)8(11(9)13)6-7-15-5/h6-7H,1-5H3/b7-6+. The van der Waals surface area contributed by atoms with Crippen LogP contribution in [0.3, 0.4) is 0 Å². The molecule has 0 N–H and O–H groups in total. The molecule has 5 heteroatoms. The molecule has 0 aromatic heterocycles. The van der Waals surface area contributed by atoms with E-state index < -0.39 is 11.1 Å². The number of ether oxygens (including phenoxy) is 1. The van der Waals surface area contributed by atoms with Crippen molar-refractivity contribution in [2.45, 2.75) is 38.8 Å². The topological polar surface area (TPSA) is 58.4 Å². The Morgan fingerprint density at radius 3 is 2.27 bits per heavy atom. The fraction of sp³-hybridized carbons (Fsp3) is 0.700. The lowest BCUT2D eigenvalue weighted by Gasteiger charge is -2.32. The molecule has 1 heterocycles. The van der Waals surface area contributed by atoms with Crippen LogP contribution < -0.4 is 0 Å². The summed E-state index contributed by atoms with van der Waals surface area (Å²) in [6, 6.07) is 0. The van der Waals surface area contributed by atoms with E-state index in [0.29, 0.717) is 0 Å². The van der Waals surface area contributed by atoms with Gasteiger partial charge in [0.1, 0.15) is 5.54 Å². The second kappa shape index (κ2) is 3.41. The van der Waals surface area contributed by atoms with Crippen LogP contribution in [0.2, 0.25) is 0 Å². The molecule has 15 heavy (non-hydrogen) atoms. The largest absolute Gasteiger partial charge is 0.714 e. The summed E-state index contributed by atoms with van der Waals surface area (Å²) < 4.78 is 5.44. The Kier molecular flexibility index (Phi) is 2.69. The van der Waals surface area contributed by atoms with Gasteiger partial charge in [-0.1, -0.05) is 5.06 Å². The van der Waals surface area contributed by atoms with Crippen LogP contribution in [-0.4, -0.2) is 33.8 Å². The first-order valence-electron chi connectivity index (χ1n) is 4.78. The zero-order valence-electron chi connectivity index (χ0n) is 9.77. The average Bonchev–Trinajstić information content (AvgIpc) is 2.26. The van der Waals surface area contributed by atoms with Crippen LogP contribution in [-0.2, 0) is 9.94 Å². The van der Waals surface area contributed by atoms with Crippen LogP contribution in [0, 0.1) is 5.21 Å². The lowest BCUT2D eigenvalue weighted by molar-refractivity contribution is -0.539. The fourth-order valence-corrected chi connectivity index (χ4v) is 1.42. The summed E-state index contributed by atoms with van der Waals surface area (Å²) in [5.41, 5.74) is -1.52. The Balaban J connectivity index is 3.17. The summed E-state index contributed by atoms with van der Waals surface area (Å²) in [7, 11) is 1.46. The lowest BCUT2D eigenvalue weighted by atomic mass is 9.84. The number of amidine groups is 1. The minimum atomic E-state index is -0.762. The Bertz CT molecular complexity index is 319. The van der Waals surface area contributed by atoms with Crippen molar-refractivity contribution >= 4 is 5.84 Å². The van der Waals surface area contributed by atoms with Gasteiger partial charge in [0.05, 0.1) is 19.4 Å². The van der Waals surface area contributed by atoms with Gasteiger partial charge in [-0.15, -0.1) is 0 Å². The van der Waals surface area contributed by atoms with Crippen LogP contribution in [0.4, 0.5) is 0 Å². The third-order valence-corrected chi connectivity index (χ3v) is 3.28. The predicted molar refractivity (Wildman–Crippen MR) is 55.5 cm³/mol. The van der Waals surface area contributed by atoms with Crippen molar-refractivity contribution in [1.29, 1.82) is 0 Å². The Morgan fingerprint density at radius 2 is 1.93 bits per heavy atom. The third kappa shape index (κ3) is 1.47. The van der Waals surface area contributed by atoms with Crippen molar-refractivity contribution in [1.82, 2.24) is 5.06 Å². The molecule has 0 unspecified atom stereocenters. The normalized spacial score (nSPS) is 24.0. The van der Waals surface area contributed by atoms with Crippen molar-refractivity contribution in [2.24, 2.45) is 0 Å². The van der Waals surface area contributed by atoms with Crippen molar-refractivity contribution in [2.75, 3.05) is 7.11 Å². The van der Waals surface area contributed by atoms with Crippen LogP contribution in [0.5, 0.6) is 0 Å². The smallest absolute Gasteiger partial charge is 0.312 e. The molecule has 1 radical (unpaired) electrons. The zero-order valence-corrected chi connectivity index (χ0v) is 9.77. The van der Waals surface area contributed by atoms with Gasteiger partial charge in [0.25, 0.3) is 0 Å². The average molecular weight is 213 g/mol. The quantitative estimate of drug-likeness (QED) is 0.394. The number of rotatable bonds is 2. The van der Waals surface area contributed by atoms with Gasteiger partial charge in [-0.3, -0.25) is 4.74 Å². The summed E-state index contributed by atoms with van der Waals surface area (Å²) in [5, 5.41) is 24.5. The molecule has 0 aliphatic carbocycles. The van der Waals surface area contributed by atoms with Crippen molar-refractivity contribution < 1.29 is 14.7 Å². The molecule has 85 valence electrons. The van der Waals surface area contributed by atoms with E-state index in [1.165, 1.54) is 19.4 Å². The number of hydrogen-bond acceptors (Lipinski definition) is 3. The number of methoxy groups -OCH3 is 1. The van der Waals surface area contributed by atoms with E-state index >= 15 is 0 Å². The highest BCUT2D eigenvalue weighted by Gasteiger charge is 2.58. The first kappa shape index (κ1) is 11.8. The maximum absolute atomic E-state index is 11.9. The maximum Gasteiger partial charge on any atom is 0.312 e. The maximum atomic E-state index is 11.9. The van der Waals surface area contributed by atoms with Gasteiger partial charge in [-0.25, -0.2) is 0 Å². The van der Waals surface area contributed by atoms with E-state index in [4.69, 9.17) is 4.74 Å². The molecule has 0 bridgehead atoms. The van der Waals surface area contributed by atoms with E-state index in [9.17, 15) is 10.4 Å². The lowest BCUT2D eigenvalue weighted by Crippen LogP contribution is -2.53. The molecule has 0 atom stereocenters. The van der Waals surface area contributed by atoms with Crippen molar-refractivity contribution in [3.63, 3.8) is 0 Å². The number of nitrogens with zero attached hydrogens (tertiary/aromatic N) is 2. The van der Waals surface area contributed by atoms with Gasteiger partial charge in [-0.05, 0) is 27.7 Å². The van der Waals surface area contributed by atoms with Crippen LogP contribution in [0.1, 0.15) is 27.7 Å². The highest BCUT2D eigenvalue weighted by molar-refractivity contribution is 5.89. The van der Waals surface area contributed by atoms with Crippen molar-refractivity contribution in [3.05, 3.63) is 17.5 Å². The summed E-state index contributed by atoms with van der Waals surface area (Å²) >= 11 is 0. The second-order valence-electron chi connectivity index (χ2n) is 4.60.